The van der Waals surface area contributed by atoms with Crippen molar-refractivity contribution in [2.45, 2.75) is 40.0 Å². The highest BCUT2D eigenvalue weighted by Crippen LogP contribution is 2.05. The van der Waals surface area contributed by atoms with E-state index < -0.39 is 0 Å². The molecule has 0 heterocycles. The van der Waals surface area contributed by atoms with Gasteiger partial charge in [-0.15, -0.1) is 0 Å². The van der Waals surface area contributed by atoms with E-state index in [1.54, 1.807) is 0 Å². The number of hydrogen-bond donors (Lipinski definition) is 0. The summed E-state index contributed by atoms with van der Waals surface area (Å²) in [7, 11) is 1.83. The molecule has 0 aromatic carbocycles. The summed E-state index contributed by atoms with van der Waals surface area (Å²) in [6.07, 6.45) is 5.94. The van der Waals surface area contributed by atoms with Gasteiger partial charge in [0.25, 0.3) is 0 Å². The Labute approximate surface area is 70.2 Å². The molecule has 0 atom stereocenters. The minimum Gasteiger partial charge on any atom is -0.293 e. The van der Waals surface area contributed by atoms with Gasteiger partial charge in [-0.3, -0.25) is 4.99 Å². The molecule has 0 aliphatic heterocycles. The summed E-state index contributed by atoms with van der Waals surface area (Å²) in [5, 5.41) is 0. The molecule has 0 bridgehead atoms. The highest BCUT2D eigenvalue weighted by atomic mass is 14.7. The molecule has 0 aliphatic carbocycles. The zero-order valence-electron chi connectivity index (χ0n) is 8.15. The predicted octanol–water partition coefficient (Wildman–Crippen LogP) is 3.21. The Morgan fingerprint density at radius 1 is 1.36 bits per heavy atom. The summed E-state index contributed by atoms with van der Waals surface area (Å²) in [5.74, 6) is 0. The van der Waals surface area contributed by atoms with Gasteiger partial charge in [0, 0.05) is 12.8 Å². The molecule has 0 amide bonds. The monoisotopic (exact) mass is 153 g/mol. The predicted molar refractivity (Wildman–Crippen MR) is 52.3 cm³/mol. The first-order valence-corrected chi connectivity index (χ1v) is 4.31. The zero-order chi connectivity index (χ0) is 8.69. The highest BCUT2D eigenvalue weighted by molar-refractivity contribution is 5.93. The largest absolute Gasteiger partial charge is 0.293 e. The zero-order valence-corrected chi connectivity index (χ0v) is 8.15. The van der Waals surface area contributed by atoms with Crippen LogP contribution in [0.15, 0.2) is 16.6 Å². The first-order valence-electron chi connectivity index (χ1n) is 4.31. The summed E-state index contributed by atoms with van der Waals surface area (Å²) in [6, 6.07) is 0. The third-order valence-corrected chi connectivity index (χ3v) is 1.73. The normalized spacial score (nSPS) is 13.8. The Kier molecular flexibility index (Phi) is 5.81. The Hall–Kier alpha value is -0.590. The summed E-state index contributed by atoms with van der Waals surface area (Å²) in [6.45, 7) is 6.42. The van der Waals surface area contributed by atoms with E-state index in [9.17, 15) is 0 Å². The maximum atomic E-state index is 4.08. The van der Waals surface area contributed by atoms with Gasteiger partial charge < -0.3 is 0 Å². The van der Waals surface area contributed by atoms with Gasteiger partial charge in [-0.1, -0.05) is 18.9 Å². The first kappa shape index (κ1) is 10.4. The fourth-order valence-corrected chi connectivity index (χ4v) is 0.949. The Morgan fingerprint density at radius 2 is 2.00 bits per heavy atom. The molecule has 0 aromatic heterocycles. The van der Waals surface area contributed by atoms with E-state index in [4.69, 9.17) is 0 Å². The summed E-state index contributed by atoms with van der Waals surface area (Å²) < 4.78 is 0. The summed E-state index contributed by atoms with van der Waals surface area (Å²) >= 11 is 0. The minimum absolute atomic E-state index is 1.12. The second-order valence-electron chi connectivity index (χ2n) is 2.96. The van der Waals surface area contributed by atoms with Crippen LogP contribution >= 0.6 is 0 Å². The van der Waals surface area contributed by atoms with E-state index in [2.05, 4.69) is 24.9 Å². The molecular formula is C10H19N. The second-order valence-corrected chi connectivity index (χ2v) is 2.96. The quantitative estimate of drug-likeness (QED) is 0.550. The first-order chi connectivity index (χ1) is 5.20. The van der Waals surface area contributed by atoms with Crippen LogP contribution in [0.25, 0.3) is 0 Å². The van der Waals surface area contributed by atoms with Gasteiger partial charge in [0.15, 0.2) is 0 Å². The van der Waals surface area contributed by atoms with E-state index in [0.29, 0.717) is 0 Å². The molecule has 11 heavy (non-hydrogen) atoms. The van der Waals surface area contributed by atoms with Crippen LogP contribution in [0.5, 0.6) is 0 Å². The van der Waals surface area contributed by atoms with Crippen LogP contribution in [-0.2, 0) is 0 Å². The molecule has 0 spiro atoms. The fraction of sp³-hybridized carbons (Fsp3) is 0.700. The lowest BCUT2D eigenvalue weighted by molar-refractivity contribution is 0.788. The Bertz CT molecular complexity index is 154. The molecule has 0 N–H and O–H groups in total. The van der Waals surface area contributed by atoms with Crippen molar-refractivity contribution in [1.82, 2.24) is 0 Å². The van der Waals surface area contributed by atoms with Crippen LogP contribution in [-0.4, -0.2) is 12.8 Å². The van der Waals surface area contributed by atoms with Crippen molar-refractivity contribution in [1.29, 1.82) is 0 Å². The van der Waals surface area contributed by atoms with E-state index in [0.717, 1.165) is 5.71 Å². The molecule has 0 aromatic rings. The molecule has 1 nitrogen and oxygen atoms in total. The average molecular weight is 153 g/mol. The number of hydrogen-bond acceptors (Lipinski definition) is 1. The number of aliphatic imine (C=N–C) groups is 1. The SMILES string of the molecule is CCCC/C(C)=C/C(C)=N\C. The van der Waals surface area contributed by atoms with Crippen LogP contribution in [0.1, 0.15) is 40.0 Å². The van der Waals surface area contributed by atoms with Gasteiger partial charge in [-0.25, -0.2) is 0 Å². The van der Waals surface area contributed by atoms with Gasteiger partial charge in [0.05, 0.1) is 0 Å². The molecule has 0 rings (SSSR count). The number of rotatable bonds is 4. The highest BCUT2D eigenvalue weighted by Gasteiger charge is 1.89. The summed E-state index contributed by atoms with van der Waals surface area (Å²) in [5.41, 5.74) is 2.56. The maximum absolute atomic E-state index is 4.08. The Balaban J connectivity index is 3.80. The molecule has 0 saturated heterocycles. The molecule has 1 heteroatoms. The van der Waals surface area contributed by atoms with Crippen LogP contribution in [0.4, 0.5) is 0 Å². The Morgan fingerprint density at radius 3 is 2.45 bits per heavy atom. The number of unbranched alkanes of at least 4 members (excludes halogenated alkanes) is 1. The molecule has 64 valence electrons. The average Bonchev–Trinajstić information content (AvgIpc) is 2.00. The smallest absolute Gasteiger partial charge is 0.0313 e. The third kappa shape index (κ3) is 5.84. The summed E-state index contributed by atoms with van der Waals surface area (Å²) in [4.78, 5) is 4.08. The second kappa shape index (κ2) is 6.14. The van der Waals surface area contributed by atoms with Gasteiger partial charge in [-0.2, -0.15) is 0 Å². The van der Waals surface area contributed by atoms with Crippen LogP contribution < -0.4 is 0 Å². The van der Waals surface area contributed by atoms with Crippen molar-refractivity contribution < 1.29 is 0 Å². The van der Waals surface area contributed by atoms with Crippen LogP contribution in [0.3, 0.4) is 0 Å². The number of nitrogens with zero attached hydrogens (tertiary/aromatic N) is 1. The van der Waals surface area contributed by atoms with E-state index in [1.807, 2.05) is 14.0 Å². The van der Waals surface area contributed by atoms with Gasteiger partial charge >= 0.3 is 0 Å². The number of allylic oxidation sites excluding steroid dienone is 2. The molecule has 0 fully saturated rings. The lowest BCUT2D eigenvalue weighted by Crippen LogP contribution is -1.87. The fourth-order valence-electron chi connectivity index (χ4n) is 0.949. The maximum Gasteiger partial charge on any atom is 0.0313 e. The third-order valence-electron chi connectivity index (χ3n) is 1.73. The van der Waals surface area contributed by atoms with Gasteiger partial charge in [-0.05, 0) is 32.8 Å². The topological polar surface area (TPSA) is 12.4 Å². The standard InChI is InChI=1S/C10H19N/c1-5-6-7-9(2)8-10(3)11-4/h8H,5-7H2,1-4H3/b9-8+,11-10-. The van der Waals surface area contributed by atoms with Crippen LogP contribution in [0, 0.1) is 0 Å². The molecular weight excluding hydrogens is 134 g/mol. The van der Waals surface area contributed by atoms with Crippen molar-refractivity contribution >= 4 is 5.71 Å². The van der Waals surface area contributed by atoms with E-state index in [-0.39, 0.29) is 0 Å². The lowest BCUT2D eigenvalue weighted by Gasteiger charge is -1.98. The molecule has 0 unspecified atom stereocenters. The van der Waals surface area contributed by atoms with Gasteiger partial charge in [0.1, 0.15) is 0 Å². The van der Waals surface area contributed by atoms with Crippen molar-refractivity contribution in [3.63, 3.8) is 0 Å². The lowest BCUT2D eigenvalue weighted by atomic mass is 10.1. The molecule has 0 aliphatic rings. The minimum atomic E-state index is 1.12. The van der Waals surface area contributed by atoms with Gasteiger partial charge in [0.2, 0.25) is 0 Å². The van der Waals surface area contributed by atoms with Crippen molar-refractivity contribution in [2.24, 2.45) is 4.99 Å². The molecule has 0 radical (unpaired) electrons. The van der Waals surface area contributed by atoms with Crippen molar-refractivity contribution in [3.8, 4) is 0 Å². The van der Waals surface area contributed by atoms with E-state index >= 15 is 0 Å². The van der Waals surface area contributed by atoms with Crippen molar-refractivity contribution in [3.05, 3.63) is 11.6 Å². The molecule has 0 saturated carbocycles. The van der Waals surface area contributed by atoms with Crippen LogP contribution in [0.2, 0.25) is 0 Å². The van der Waals surface area contributed by atoms with E-state index in [1.165, 1.54) is 24.8 Å². The van der Waals surface area contributed by atoms with Crippen molar-refractivity contribution in [2.75, 3.05) is 7.05 Å².